The first-order valence-electron chi connectivity index (χ1n) is 7.10. The van der Waals surface area contributed by atoms with Crippen molar-refractivity contribution in [3.8, 4) is 5.75 Å². The van der Waals surface area contributed by atoms with Crippen LogP contribution in [0, 0.1) is 6.92 Å². The Labute approximate surface area is 144 Å². The van der Waals surface area contributed by atoms with Crippen LogP contribution in [0.3, 0.4) is 0 Å². The molecule has 0 spiro atoms. The van der Waals surface area contributed by atoms with Crippen LogP contribution in [0.4, 0.5) is 0 Å². The smallest absolute Gasteiger partial charge is 0.274 e. The van der Waals surface area contributed by atoms with Gasteiger partial charge in [0.05, 0.1) is 0 Å². The summed E-state index contributed by atoms with van der Waals surface area (Å²) < 4.78 is 31.8. The van der Waals surface area contributed by atoms with Gasteiger partial charge in [0.1, 0.15) is 9.96 Å². The second-order valence-corrected chi connectivity index (χ2v) is 8.38. The largest absolute Gasteiger partial charge is 0.481 e. The monoisotopic (exact) mass is 367 g/mol. The van der Waals surface area contributed by atoms with Gasteiger partial charge in [0.15, 0.2) is 11.9 Å². The lowest BCUT2D eigenvalue weighted by atomic mass is 10.1. The van der Waals surface area contributed by atoms with E-state index in [9.17, 15) is 18.0 Å². The number of sulfonamides is 1. The topological polar surface area (TPSA) is 89.5 Å². The van der Waals surface area contributed by atoms with Gasteiger partial charge in [-0.15, -0.1) is 11.3 Å². The zero-order chi connectivity index (χ0) is 17.9. The maximum absolute atomic E-state index is 12.1. The van der Waals surface area contributed by atoms with Crippen molar-refractivity contribution in [1.82, 2.24) is 4.72 Å². The van der Waals surface area contributed by atoms with Crippen LogP contribution in [-0.2, 0) is 14.8 Å². The highest BCUT2D eigenvalue weighted by atomic mass is 32.2. The van der Waals surface area contributed by atoms with Crippen molar-refractivity contribution in [3.05, 3.63) is 46.8 Å². The van der Waals surface area contributed by atoms with E-state index < -0.39 is 22.0 Å². The summed E-state index contributed by atoms with van der Waals surface area (Å²) >= 11 is 1.08. The van der Waals surface area contributed by atoms with Crippen LogP contribution < -0.4 is 9.46 Å². The molecule has 0 bridgehead atoms. The van der Waals surface area contributed by atoms with E-state index in [1.54, 1.807) is 31.2 Å². The maximum Gasteiger partial charge on any atom is 0.274 e. The second kappa shape index (κ2) is 7.14. The number of aryl methyl sites for hydroxylation is 1. The highest BCUT2D eigenvalue weighted by molar-refractivity contribution is 7.92. The zero-order valence-corrected chi connectivity index (χ0v) is 15.0. The summed E-state index contributed by atoms with van der Waals surface area (Å²) in [6.07, 6.45) is -1.04. The molecule has 2 rings (SSSR count). The number of ketones is 1. The molecule has 128 valence electrons. The first kappa shape index (κ1) is 18.2. The van der Waals surface area contributed by atoms with E-state index >= 15 is 0 Å². The van der Waals surface area contributed by atoms with Crippen molar-refractivity contribution < 1.29 is 22.7 Å². The van der Waals surface area contributed by atoms with Gasteiger partial charge in [-0.2, -0.15) is 0 Å². The molecule has 0 radical (unpaired) electrons. The summed E-state index contributed by atoms with van der Waals surface area (Å²) in [6.45, 7) is 4.63. The van der Waals surface area contributed by atoms with Gasteiger partial charge in [0.25, 0.3) is 15.9 Å². The number of carbonyl (C=O) groups excluding carboxylic acids is 2. The summed E-state index contributed by atoms with van der Waals surface area (Å²) in [5.74, 6) is -0.600. The van der Waals surface area contributed by atoms with Crippen LogP contribution in [0.5, 0.6) is 5.75 Å². The van der Waals surface area contributed by atoms with Gasteiger partial charge in [-0.05, 0) is 45.0 Å². The normalized spacial score (nSPS) is 12.5. The number of Topliss-reactive ketones (excluding diaryl/α,β-unsaturated/α-hetero) is 1. The standard InChI is InChI=1S/C16H17NO5S2/c1-10-7-8-15(23-10)24(20,21)17-16(19)12(3)22-14-6-4-5-13(9-14)11(2)18/h4-9,12H,1-3H3,(H,17,19)/t12-/m1/s1. The van der Waals surface area contributed by atoms with E-state index in [2.05, 4.69) is 0 Å². The van der Waals surface area contributed by atoms with E-state index in [-0.39, 0.29) is 9.99 Å². The molecule has 1 aromatic carbocycles. The fourth-order valence-corrected chi connectivity index (χ4v) is 4.19. The van der Waals surface area contributed by atoms with Crippen LogP contribution in [-0.4, -0.2) is 26.2 Å². The van der Waals surface area contributed by atoms with Gasteiger partial charge in [0, 0.05) is 10.4 Å². The van der Waals surface area contributed by atoms with Crippen LogP contribution in [0.25, 0.3) is 0 Å². The SMILES string of the molecule is CC(=O)c1cccc(O[C@H](C)C(=O)NS(=O)(=O)c2ccc(C)s2)c1. The van der Waals surface area contributed by atoms with Gasteiger partial charge in [-0.25, -0.2) is 13.1 Å². The van der Waals surface area contributed by atoms with E-state index in [4.69, 9.17) is 4.74 Å². The molecule has 1 N–H and O–H groups in total. The Morgan fingerprint density at radius 3 is 2.50 bits per heavy atom. The fourth-order valence-electron chi connectivity index (χ4n) is 1.87. The third-order valence-corrected chi connectivity index (χ3v) is 5.98. The number of ether oxygens (including phenoxy) is 1. The lowest BCUT2D eigenvalue weighted by Gasteiger charge is -2.14. The molecule has 0 unspecified atom stereocenters. The molecular formula is C16H17NO5S2. The average molecular weight is 367 g/mol. The van der Waals surface area contributed by atoms with E-state index in [0.717, 1.165) is 16.2 Å². The van der Waals surface area contributed by atoms with Crippen molar-refractivity contribution in [2.75, 3.05) is 0 Å². The fraction of sp³-hybridized carbons (Fsp3) is 0.250. The molecular weight excluding hydrogens is 350 g/mol. The number of rotatable bonds is 6. The Morgan fingerprint density at radius 2 is 1.92 bits per heavy atom. The minimum atomic E-state index is -3.91. The van der Waals surface area contributed by atoms with Gasteiger partial charge in [0.2, 0.25) is 0 Å². The Morgan fingerprint density at radius 1 is 1.21 bits per heavy atom. The molecule has 1 heterocycles. The van der Waals surface area contributed by atoms with E-state index in [0.29, 0.717) is 11.3 Å². The Bertz CT molecular complexity index is 870. The van der Waals surface area contributed by atoms with E-state index in [1.165, 1.54) is 26.0 Å². The number of thiophene rings is 1. The molecule has 1 aromatic heterocycles. The summed E-state index contributed by atoms with van der Waals surface area (Å²) in [7, 11) is -3.91. The zero-order valence-electron chi connectivity index (χ0n) is 13.4. The Hall–Kier alpha value is -2.19. The summed E-state index contributed by atoms with van der Waals surface area (Å²) in [5.41, 5.74) is 0.446. The van der Waals surface area contributed by atoms with Crippen LogP contribution in [0.2, 0.25) is 0 Å². The van der Waals surface area contributed by atoms with Gasteiger partial charge < -0.3 is 4.74 Å². The minimum absolute atomic E-state index is 0.0686. The maximum atomic E-state index is 12.1. The lowest BCUT2D eigenvalue weighted by molar-refractivity contribution is -0.125. The predicted molar refractivity (Wildman–Crippen MR) is 90.9 cm³/mol. The number of benzene rings is 1. The first-order chi connectivity index (χ1) is 11.2. The molecule has 0 aliphatic carbocycles. The number of nitrogens with one attached hydrogen (secondary N) is 1. The van der Waals surface area contributed by atoms with Crippen molar-refractivity contribution >= 4 is 33.1 Å². The van der Waals surface area contributed by atoms with Crippen molar-refractivity contribution in [2.45, 2.75) is 31.1 Å². The number of hydrogen-bond donors (Lipinski definition) is 1. The summed E-state index contributed by atoms with van der Waals surface area (Å²) in [4.78, 5) is 24.3. The van der Waals surface area contributed by atoms with Crippen molar-refractivity contribution in [2.24, 2.45) is 0 Å². The number of amides is 1. The van der Waals surface area contributed by atoms with Gasteiger partial charge >= 0.3 is 0 Å². The first-order valence-corrected chi connectivity index (χ1v) is 9.40. The predicted octanol–water partition coefficient (Wildman–Crippen LogP) is 2.53. The van der Waals surface area contributed by atoms with Crippen LogP contribution >= 0.6 is 11.3 Å². The van der Waals surface area contributed by atoms with Crippen LogP contribution in [0.15, 0.2) is 40.6 Å². The molecule has 2 aromatic rings. The van der Waals surface area contributed by atoms with Crippen molar-refractivity contribution in [1.29, 1.82) is 0 Å². The van der Waals surface area contributed by atoms with Gasteiger partial charge in [-0.3, -0.25) is 9.59 Å². The molecule has 0 saturated carbocycles. The number of hydrogen-bond acceptors (Lipinski definition) is 6. The molecule has 24 heavy (non-hydrogen) atoms. The third-order valence-electron chi connectivity index (χ3n) is 3.14. The van der Waals surface area contributed by atoms with Crippen molar-refractivity contribution in [3.63, 3.8) is 0 Å². The Balaban J connectivity index is 2.07. The highest BCUT2D eigenvalue weighted by Crippen LogP contribution is 2.21. The highest BCUT2D eigenvalue weighted by Gasteiger charge is 2.24. The number of carbonyl (C=O) groups is 2. The molecule has 8 heteroatoms. The molecule has 0 saturated heterocycles. The molecule has 0 aliphatic heterocycles. The van der Waals surface area contributed by atoms with Crippen LogP contribution in [0.1, 0.15) is 29.1 Å². The quantitative estimate of drug-likeness (QED) is 0.793. The molecule has 1 amide bonds. The third kappa shape index (κ3) is 4.42. The second-order valence-electron chi connectivity index (χ2n) is 5.18. The molecule has 1 atom stereocenters. The van der Waals surface area contributed by atoms with E-state index in [1.807, 2.05) is 4.72 Å². The average Bonchev–Trinajstić information content (AvgIpc) is 2.94. The van der Waals surface area contributed by atoms with Gasteiger partial charge in [-0.1, -0.05) is 12.1 Å². The summed E-state index contributed by atoms with van der Waals surface area (Å²) in [5, 5.41) is 0. The lowest BCUT2D eigenvalue weighted by Crippen LogP contribution is -2.39. The Kier molecular flexibility index (Phi) is 5.40. The molecule has 6 nitrogen and oxygen atoms in total. The minimum Gasteiger partial charge on any atom is -0.481 e. The molecule has 0 fully saturated rings. The summed E-state index contributed by atoms with van der Waals surface area (Å²) in [6, 6.07) is 9.45. The molecule has 0 aliphatic rings.